The maximum atomic E-state index is 12.2. The van der Waals surface area contributed by atoms with Crippen molar-refractivity contribution in [3.8, 4) is 0 Å². The van der Waals surface area contributed by atoms with E-state index < -0.39 is 37.4 Å². The zero-order chi connectivity index (χ0) is 23.0. The molecule has 0 aliphatic carbocycles. The van der Waals surface area contributed by atoms with Crippen LogP contribution in [-0.4, -0.2) is 60.9 Å². The van der Waals surface area contributed by atoms with E-state index >= 15 is 0 Å². The first-order chi connectivity index (χ1) is 15.1. The Balaban J connectivity index is 1.56. The van der Waals surface area contributed by atoms with Gasteiger partial charge in [0.25, 0.3) is 5.91 Å². The first-order valence-electron chi connectivity index (χ1n) is 10.1. The van der Waals surface area contributed by atoms with Crippen LogP contribution in [-0.2, 0) is 16.1 Å². The molecule has 152 valence electrons. The first kappa shape index (κ1) is 16.4. The number of imidazole rings is 1. The molecule has 1 aliphatic rings. The molecule has 3 aromatic rings. The maximum Gasteiger partial charge on any atom is 0.251 e. The van der Waals surface area contributed by atoms with Crippen LogP contribution in [0.3, 0.4) is 0 Å². The van der Waals surface area contributed by atoms with Crippen molar-refractivity contribution in [2.75, 3.05) is 12.3 Å². The predicted octanol–water partition coefficient (Wildman–Crippen LogP) is 0.408. The molecule has 3 heterocycles. The van der Waals surface area contributed by atoms with Gasteiger partial charge in [-0.1, -0.05) is 12.1 Å². The molecule has 11 heteroatoms. The van der Waals surface area contributed by atoms with Crippen LogP contribution in [0.5, 0.6) is 0 Å². The largest absolute Gasteiger partial charge is 0.387 e. The normalized spacial score (nSPS) is 26.0. The van der Waals surface area contributed by atoms with E-state index in [1.165, 1.54) is 17.2 Å². The summed E-state index contributed by atoms with van der Waals surface area (Å²) in [4.78, 5) is 24.9. The van der Waals surface area contributed by atoms with E-state index in [-0.39, 0.29) is 0 Å². The number of hydrogen-bond donors (Lipinski definition) is 4. The lowest BCUT2D eigenvalue weighted by molar-refractivity contribution is -0.137. The van der Waals surface area contributed by atoms with Gasteiger partial charge in [0.1, 0.15) is 18.5 Å². The first-order valence-corrected chi connectivity index (χ1v) is 9.71. The highest BCUT2D eigenvalue weighted by Crippen LogP contribution is 2.32. The quantitative estimate of drug-likeness (QED) is 0.361. The van der Waals surface area contributed by atoms with Crippen molar-refractivity contribution in [1.29, 1.82) is 0 Å². The molecule has 4 rings (SSSR count). The molecule has 1 saturated heterocycles. The van der Waals surface area contributed by atoms with Crippen molar-refractivity contribution in [3.05, 3.63) is 46.1 Å². The number of anilines is 1. The van der Waals surface area contributed by atoms with Gasteiger partial charge in [-0.2, -0.15) is 0 Å². The summed E-state index contributed by atoms with van der Waals surface area (Å²) in [5.74, 6) is -0.602. The third-order valence-electron chi connectivity index (χ3n) is 4.60. The number of rotatable bonds is 5. The number of likely N-dealkylation sites (N-methyl/N-ethyl adjacent to an activating group) is 1. The van der Waals surface area contributed by atoms with Crippen LogP contribution in [0.25, 0.3) is 11.2 Å². The molecule has 0 spiro atoms. The number of amides is 1. The van der Waals surface area contributed by atoms with Crippen molar-refractivity contribution in [2.24, 2.45) is 0 Å². The van der Waals surface area contributed by atoms with Crippen LogP contribution in [0.1, 0.15) is 15.9 Å². The minimum atomic E-state index is -2.75. The van der Waals surface area contributed by atoms with E-state index in [1.807, 2.05) is 24.3 Å². The maximum absolute atomic E-state index is 12.2. The van der Waals surface area contributed by atoms with E-state index in [1.54, 1.807) is 5.32 Å². The lowest BCUT2D eigenvalue weighted by Gasteiger charge is -2.16. The average molecular weight is 513 g/mol. The fourth-order valence-electron chi connectivity index (χ4n) is 3.18. The van der Waals surface area contributed by atoms with Crippen molar-refractivity contribution in [1.82, 2.24) is 24.8 Å². The standard InChI is InChI=1S/C18H19IN6O4/c1-20-17(28)14-12(26)13(27)18(29-14)25-8-24-11-15(22-7-23-16(11)25)21-6-9-3-2-4-10(19)5-9/h2-5,7-8,12-14,18,26-27H,6H2,1H3,(H,20,28)(H,21,22,23)/t12-,13+,14-,18+/m0/s1/i1D3. The van der Waals surface area contributed by atoms with Crippen LogP contribution in [0.15, 0.2) is 36.9 Å². The Bertz CT molecular complexity index is 1140. The number of carbonyl (C=O) groups excluding carboxylic acids is 1. The number of nitrogens with zero attached hydrogens (tertiary/aromatic N) is 4. The van der Waals surface area contributed by atoms with Crippen LogP contribution in [0, 0.1) is 3.57 Å². The van der Waals surface area contributed by atoms with Gasteiger partial charge in [-0.15, -0.1) is 0 Å². The SMILES string of the molecule is [2H]C([2H])([2H])NC(=O)[C@H]1O[C@@H](n2cnc3c(NCc4cccc(I)c4)ncnc32)[C@H](O)[C@@H]1O. The van der Waals surface area contributed by atoms with Crippen LogP contribution in [0.4, 0.5) is 5.82 Å². The van der Waals surface area contributed by atoms with E-state index in [2.05, 4.69) is 42.9 Å². The Morgan fingerprint density at radius 1 is 1.34 bits per heavy atom. The van der Waals surface area contributed by atoms with Crippen LogP contribution < -0.4 is 10.6 Å². The van der Waals surface area contributed by atoms with Gasteiger partial charge < -0.3 is 25.6 Å². The summed E-state index contributed by atoms with van der Waals surface area (Å²) in [5.41, 5.74) is 1.75. The fourth-order valence-corrected chi connectivity index (χ4v) is 3.78. The van der Waals surface area contributed by atoms with Gasteiger partial charge in [0.2, 0.25) is 0 Å². The second-order valence-electron chi connectivity index (χ2n) is 6.45. The van der Waals surface area contributed by atoms with Gasteiger partial charge in [-0.3, -0.25) is 9.36 Å². The predicted molar refractivity (Wildman–Crippen MR) is 112 cm³/mol. The van der Waals surface area contributed by atoms with Crippen molar-refractivity contribution in [2.45, 2.75) is 31.1 Å². The Morgan fingerprint density at radius 3 is 3.00 bits per heavy atom. The summed E-state index contributed by atoms with van der Waals surface area (Å²) < 4.78 is 29.4. The number of nitrogens with one attached hydrogen (secondary N) is 2. The third-order valence-corrected chi connectivity index (χ3v) is 5.27. The molecule has 0 bridgehead atoms. The number of aliphatic hydroxyl groups is 2. The zero-order valence-corrected chi connectivity index (χ0v) is 17.0. The molecule has 0 radical (unpaired) electrons. The number of carbonyl (C=O) groups is 1. The number of ether oxygens (including phenoxy) is 1. The second-order valence-corrected chi connectivity index (χ2v) is 7.69. The van der Waals surface area contributed by atoms with E-state index in [0.717, 1.165) is 9.13 Å². The Kier molecular flexibility index (Phi) is 4.64. The molecule has 0 unspecified atom stereocenters. The van der Waals surface area contributed by atoms with Crippen LogP contribution >= 0.6 is 22.6 Å². The van der Waals surface area contributed by atoms with Crippen LogP contribution in [0.2, 0.25) is 0 Å². The van der Waals surface area contributed by atoms with E-state index in [0.29, 0.717) is 23.5 Å². The van der Waals surface area contributed by atoms with Gasteiger partial charge in [0.05, 0.1) is 6.33 Å². The molecular formula is C18H19IN6O4. The van der Waals surface area contributed by atoms with Crippen molar-refractivity contribution >= 4 is 45.5 Å². The fraction of sp³-hybridized carbons (Fsp3) is 0.333. The third kappa shape index (κ3) is 3.77. The molecule has 1 amide bonds. The molecule has 1 aromatic carbocycles. The monoisotopic (exact) mass is 513 g/mol. The smallest absolute Gasteiger partial charge is 0.251 e. The number of halogens is 1. The van der Waals surface area contributed by atoms with Gasteiger partial charge in [0, 0.05) is 21.2 Å². The Hall–Kier alpha value is -2.35. The molecule has 1 aliphatic heterocycles. The molecular weight excluding hydrogens is 491 g/mol. The molecule has 10 nitrogen and oxygen atoms in total. The highest BCUT2D eigenvalue weighted by atomic mass is 127. The number of aromatic nitrogens is 4. The lowest BCUT2D eigenvalue weighted by Crippen LogP contribution is -2.41. The second kappa shape index (κ2) is 8.18. The van der Waals surface area contributed by atoms with E-state index in [4.69, 9.17) is 8.85 Å². The summed E-state index contributed by atoms with van der Waals surface area (Å²) in [6, 6.07) is 7.94. The van der Waals surface area contributed by atoms with Gasteiger partial charge in [-0.25, -0.2) is 15.0 Å². The highest BCUT2D eigenvalue weighted by molar-refractivity contribution is 14.1. The summed E-state index contributed by atoms with van der Waals surface area (Å²) in [6.45, 7) is -2.26. The molecule has 29 heavy (non-hydrogen) atoms. The number of hydrogen-bond acceptors (Lipinski definition) is 8. The number of benzene rings is 1. The zero-order valence-electron chi connectivity index (χ0n) is 17.9. The highest BCUT2D eigenvalue weighted by Gasteiger charge is 2.47. The van der Waals surface area contributed by atoms with Crippen molar-refractivity contribution < 1.29 is 23.9 Å². The van der Waals surface area contributed by atoms with Gasteiger partial charge >= 0.3 is 0 Å². The minimum absolute atomic E-state index is 0.304. The van der Waals surface area contributed by atoms with Gasteiger partial charge in [0.15, 0.2) is 29.3 Å². The summed E-state index contributed by atoms with van der Waals surface area (Å²) in [5, 5.41) is 25.7. The Labute approximate surface area is 183 Å². The number of fused-ring (bicyclic) bond motifs is 1. The van der Waals surface area contributed by atoms with E-state index in [9.17, 15) is 15.0 Å². The minimum Gasteiger partial charge on any atom is -0.387 e. The summed E-state index contributed by atoms with van der Waals surface area (Å²) in [6.07, 6.45) is -3.28. The lowest BCUT2D eigenvalue weighted by atomic mass is 10.1. The molecule has 4 atom stereocenters. The van der Waals surface area contributed by atoms with Gasteiger partial charge in [-0.05, 0) is 40.3 Å². The molecule has 4 N–H and O–H groups in total. The number of aliphatic hydroxyl groups excluding tert-OH is 2. The van der Waals surface area contributed by atoms with Crippen molar-refractivity contribution in [3.63, 3.8) is 0 Å². The summed E-state index contributed by atoms with van der Waals surface area (Å²) >= 11 is 2.23. The molecule has 0 saturated carbocycles. The molecule has 2 aromatic heterocycles. The topological polar surface area (TPSA) is 134 Å². The summed E-state index contributed by atoms with van der Waals surface area (Å²) in [7, 11) is 0. The average Bonchev–Trinajstić information content (AvgIpc) is 3.27. The Morgan fingerprint density at radius 2 is 2.21 bits per heavy atom. The molecule has 1 fully saturated rings.